The maximum Gasteiger partial charge on any atom is 0.265 e. The Bertz CT molecular complexity index is 1040. The number of amides is 2. The molecular weight excluding hydrogens is 452 g/mol. The molecule has 10 heteroatoms. The van der Waals surface area contributed by atoms with Gasteiger partial charge in [0.2, 0.25) is 5.91 Å². The second kappa shape index (κ2) is 9.46. The van der Waals surface area contributed by atoms with Gasteiger partial charge in [-0.3, -0.25) is 9.59 Å². The van der Waals surface area contributed by atoms with Gasteiger partial charge in [0, 0.05) is 24.5 Å². The van der Waals surface area contributed by atoms with E-state index >= 15 is 0 Å². The number of benzene rings is 1. The van der Waals surface area contributed by atoms with Crippen molar-refractivity contribution in [3.63, 3.8) is 0 Å². The van der Waals surface area contributed by atoms with Crippen molar-refractivity contribution in [2.75, 3.05) is 42.0 Å². The van der Waals surface area contributed by atoms with Crippen LogP contribution in [0.4, 0.5) is 10.8 Å². The molecule has 0 spiro atoms. The minimum absolute atomic E-state index is 0.112. The molecule has 4 rings (SSSR count). The van der Waals surface area contributed by atoms with E-state index in [1.165, 1.54) is 11.3 Å². The Morgan fingerprint density at radius 2 is 1.97 bits per heavy atom. The molecule has 1 saturated heterocycles. The number of rotatable bonds is 7. The monoisotopic (exact) mass is 476 g/mol. The van der Waals surface area contributed by atoms with Crippen molar-refractivity contribution >= 4 is 66.6 Å². The number of thioether (sulfide) groups is 1. The molecule has 3 aromatic rings. The van der Waals surface area contributed by atoms with Crippen molar-refractivity contribution in [2.45, 2.75) is 19.9 Å². The Balaban J connectivity index is 1.47. The van der Waals surface area contributed by atoms with Crippen LogP contribution in [0.25, 0.3) is 9.53 Å². The SMILES string of the molecule is CCN(CC)c1nc2sc(C(=O)N3CSCC3C(=O)Nc3ccc(OC)cc3)cc2s1. The van der Waals surface area contributed by atoms with Crippen LogP contribution in [0.3, 0.4) is 0 Å². The lowest BCUT2D eigenvalue weighted by molar-refractivity contribution is -0.119. The third-order valence-electron chi connectivity index (χ3n) is 5.13. The quantitative estimate of drug-likeness (QED) is 0.546. The van der Waals surface area contributed by atoms with Gasteiger partial charge >= 0.3 is 0 Å². The summed E-state index contributed by atoms with van der Waals surface area (Å²) in [5, 5.41) is 3.90. The summed E-state index contributed by atoms with van der Waals surface area (Å²) in [5.74, 6) is 1.52. The van der Waals surface area contributed by atoms with Gasteiger partial charge in [-0.15, -0.1) is 23.1 Å². The van der Waals surface area contributed by atoms with E-state index in [0.717, 1.165) is 33.5 Å². The first-order valence-electron chi connectivity index (χ1n) is 10.0. The van der Waals surface area contributed by atoms with Crippen LogP contribution in [0, 0.1) is 0 Å². The molecule has 1 unspecified atom stereocenters. The number of aromatic nitrogens is 1. The first-order valence-corrected chi connectivity index (χ1v) is 12.8. The van der Waals surface area contributed by atoms with Gasteiger partial charge in [0.15, 0.2) is 5.13 Å². The third-order valence-corrected chi connectivity index (χ3v) is 8.35. The van der Waals surface area contributed by atoms with Gasteiger partial charge < -0.3 is 19.9 Å². The zero-order valence-corrected chi connectivity index (χ0v) is 20.0. The molecule has 0 bridgehead atoms. The highest BCUT2D eigenvalue weighted by atomic mass is 32.2. The predicted molar refractivity (Wildman–Crippen MR) is 130 cm³/mol. The zero-order chi connectivity index (χ0) is 22.0. The number of thiophene rings is 1. The molecular formula is C21H24N4O3S3. The van der Waals surface area contributed by atoms with Gasteiger partial charge in [-0.25, -0.2) is 4.98 Å². The number of fused-ring (bicyclic) bond motifs is 1. The number of nitrogens with one attached hydrogen (secondary N) is 1. The lowest BCUT2D eigenvalue weighted by Crippen LogP contribution is -2.44. The lowest BCUT2D eigenvalue weighted by atomic mass is 10.2. The van der Waals surface area contributed by atoms with E-state index < -0.39 is 6.04 Å². The normalized spacial score (nSPS) is 16.0. The molecule has 31 heavy (non-hydrogen) atoms. The largest absolute Gasteiger partial charge is 0.497 e. The highest BCUT2D eigenvalue weighted by Crippen LogP contribution is 2.36. The zero-order valence-electron chi connectivity index (χ0n) is 17.6. The van der Waals surface area contributed by atoms with E-state index in [-0.39, 0.29) is 11.8 Å². The van der Waals surface area contributed by atoms with Crippen molar-refractivity contribution in [3.8, 4) is 5.75 Å². The second-order valence-corrected chi connectivity index (χ2v) is 10.00. The first kappa shape index (κ1) is 21.9. The Labute approximate surface area is 193 Å². The number of hydrogen-bond acceptors (Lipinski definition) is 8. The molecule has 0 saturated carbocycles. The van der Waals surface area contributed by atoms with E-state index in [9.17, 15) is 9.59 Å². The molecule has 1 aromatic carbocycles. The molecule has 1 fully saturated rings. The number of ether oxygens (including phenoxy) is 1. The summed E-state index contributed by atoms with van der Waals surface area (Å²) >= 11 is 4.60. The fraction of sp³-hybridized carbons (Fsp3) is 0.381. The fourth-order valence-corrected chi connectivity index (χ4v) is 6.81. The van der Waals surface area contributed by atoms with Crippen molar-refractivity contribution in [1.82, 2.24) is 9.88 Å². The van der Waals surface area contributed by atoms with Crippen molar-refractivity contribution in [3.05, 3.63) is 35.2 Å². The Hall–Kier alpha value is -2.30. The Morgan fingerprint density at radius 1 is 1.23 bits per heavy atom. The minimum atomic E-state index is -0.501. The van der Waals surface area contributed by atoms with Crippen LogP contribution >= 0.6 is 34.4 Å². The van der Waals surface area contributed by atoms with Crippen molar-refractivity contribution < 1.29 is 14.3 Å². The lowest BCUT2D eigenvalue weighted by Gasteiger charge is -2.22. The average molecular weight is 477 g/mol. The molecule has 1 atom stereocenters. The molecule has 7 nitrogen and oxygen atoms in total. The summed E-state index contributed by atoms with van der Waals surface area (Å²) in [6.45, 7) is 6.02. The van der Waals surface area contributed by atoms with E-state index in [4.69, 9.17) is 9.72 Å². The number of hydrogen-bond donors (Lipinski definition) is 1. The molecule has 2 aromatic heterocycles. The maximum absolute atomic E-state index is 13.2. The predicted octanol–water partition coefficient (Wildman–Crippen LogP) is 4.37. The van der Waals surface area contributed by atoms with Gasteiger partial charge in [0.05, 0.1) is 22.6 Å². The summed E-state index contributed by atoms with van der Waals surface area (Å²) in [6, 6.07) is 8.57. The smallest absolute Gasteiger partial charge is 0.265 e. The number of carbonyl (C=O) groups is 2. The summed E-state index contributed by atoms with van der Waals surface area (Å²) in [4.78, 5) is 36.1. The van der Waals surface area contributed by atoms with Crippen LogP contribution in [-0.4, -0.2) is 59.6 Å². The number of methoxy groups -OCH3 is 1. The molecule has 3 heterocycles. The highest BCUT2D eigenvalue weighted by Gasteiger charge is 2.36. The molecule has 1 N–H and O–H groups in total. The van der Waals surface area contributed by atoms with Crippen LogP contribution in [0.15, 0.2) is 30.3 Å². The number of nitrogens with zero attached hydrogens (tertiary/aromatic N) is 3. The summed E-state index contributed by atoms with van der Waals surface area (Å²) < 4.78 is 6.16. The van der Waals surface area contributed by atoms with Crippen molar-refractivity contribution in [2.24, 2.45) is 0 Å². The number of thiazole rings is 1. The van der Waals surface area contributed by atoms with Gasteiger partial charge in [0.1, 0.15) is 16.6 Å². The maximum atomic E-state index is 13.2. The summed E-state index contributed by atoms with van der Waals surface area (Å²) in [5.41, 5.74) is 0.680. The van der Waals surface area contributed by atoms with E-state index in [2.05, 4.69) is 24.1 Å². The van der Waals surface area contributed by atoms with E-state index in [0.29, 0.717) is 22.2 Å². The fourth-order valence-electron chi connectivity index (χ4n) is 3.36. The first-order chi connectivity index (χ1) is 15.0. The van der Waals surface area contributed by atoms with Crippen LogP contribution in [0.5, 0.6) is 5.75 Å². The average Bonchev–Trinajstić information content (AvgIpc) is 3.50. The molecule has 2 amide bonds. The van der Waals surface area contributed by atoms with Gasteiger partial charge in [-0.2, -0.15) is 0 Å². The van der Waals surface area contributed by atoms with Crippen LogP contribution in [0.2, 0.25) is 0 Å². The van der Waals surface area contributed by atoms with Crippen LogP contribution < -0.4 is 15.0 Å². The van der Waals surface area contributed by atoms with Crippen LogP contribution in [0.1, 0.15) is 23.5 Å². The molecule has 164 valence electrons. The van der Waals surface area contributed by atoms with E-state index in [1.54, 1.807) is 59.4 Å². The highest BCUT2D eigenvalue weighted by molar-refractivity contribution is 7.99. The Kier molecular flexibility index (Phi) is 6.68. The third kappa shape index (κ3) is 4.51. The molecule has 1 aliphatic heterocycles. The van der Waals surface area contributed by atoms with Gasteiger partial charge in [0.25, 0.3) is 5.91 Å². The topological polar surface area (TPSA) is 74.8 Å². The molecule has 1 aliphatic rings. The summed E-state index contributed by atoms with van der Waals surface area (Å²) in [6.07, 6.45) is 0. The second-order valence-electron chi connectivity index (χ2n) is 6.96. The van der Waals surface area contributed by atoms with E-state index in [1.807, 2.05) is 6.07 Å². The Morgan fingerprint density at radius 3 is 2.61 bits per heavy atom. The van der Waals surface area contributed by atoms with Gasteiger partial charge in [-0.05, 0) is 44.2 Å². The summed E-state index contributed by atoms with van der Waals surface area (Å²) in [7, 11) is 1.60. The van der Waals surface area contributed by atoms with Gasteiger partial charge in [-0.1, -0.05) is 11.3 Å². The molecule has 0 aliphatic carbocycles. The number of anilines is 2. The minimum Gasteiger partial charge on any atom is -0.497 e. The number of carbonyl (C=O) groups excluding carboxylic acids is 2. The molecule has 0 radical (unpaired) electrons. The van der Waals surface area contributed by atoms with Crippen LogP contribution in [-0.2, 0) is 4.79 Å². The standard InChI is InChI=1S/C21H24N4O3S3/c1-4-24(5-2)21-23-19-16(31-21)10-17(30-19)20(27)25-12-29-11-15(25)18(26)22-13-6-8-14(28-3)9-7-13/h6-10,15H,4-5,11-12H2,1-3H3,(H,22,26). The van der Waals surface area contributed by atoms with Crippen molar-refractivity contribution in [1.29, 1.82) is 0 Å².